The van der Waals surface area contributed by atoms with Gasteiger partial charge in [-0.1, -0.05) is 24.6 Å². The highest BCUT2D eigenvalue weighted by Crippen LogP contribution is 2.20. The fourth-order valence-corrected chi connectivity index (χ4v) is 1.79. The molecule has 7 heteroatoms. The van der Waals surface area contributed by atoms with Crippen LogP contribution in [0.1, 0.15) is 50.7 Å². The zero-order valence-electron chi connectivity index (χ0n) is 12.1. The minimum absolute atomic E-state index is 0.00862. The molecule has 1 heterocycles. The minimum atomic E-state index is -2.59. The van der Waals surface area contributed by atoms with E-state index in [2.05, 4.69) is 16.7 Å². The summed E-state index contributed by atoms with van der Waals surface area (Å²) in [5.41, 5.74) is -0.00862. The summed E-state index contributed by atoms with van der Waals surface area (Å²) >= 11 is 0. The second-order valence-electron chi connectivity index (χ2n) is 5.17. The smallest absolute Gasteiger partial charge is 0.331 e. The van der Waals surface area contributed by atoms with E-state index in [1.165, 1.54) is 0 Å². The van der Waals surface area contributed by atoms with Crippen LogP contribution in [0.3, 0.4) is 0 Å². The van der Waals surface area contributed by atoms with Crippen LogP contribution in [-0.2, 0) is 17.6 Å². The van der Waals surface area contributed by atoms with Gasteiger partial charge in [0, 0.05) is 18.4 Å². The highest BCUT2D eigenvalue weighted by molar-refractivity contribution is 5.86. The van der Waals surface area contributed by atoms with Crippen LogP contribution in [0.4, 0.5) is 8.78 Å². The number of nitrogens with zero attached hydrogens (tertiary/aromatic N) is 2. The molecule has 1 aromatic rings. The molecule has 0 amide bonds. The molecule has 0 aliphatic rings. The third-order valence-electron chi connectivity index (χ3n) is 2.94. The van der Waals surface area contributed by atoms with Gasteiger partial charge in [-0.05, 0) is 19.8 Å². The van der Waals surface area contributed by atoms with Crippen LogP contribution in [-0.4, -0.2) is 27.1 Å². The number of aromatic nitrogens is 2. The van der Waals surface area contributed by atoms with Gasteiger partial charge in [-0.3, -0.25) is 0 Å². The zero-order chi connectivity index (χ0) is 15.9. The maximum absolute atomic E-state index is 12.6. The van der Waals surface area contributed by atoms with E-state index in [9.17, 15) is 13.6 Å². The number of unbranched alkanes of at least 4 members (excludes halogenated alkanes) is 3. The molecule has 0 radical (unpaired) electrons. The fraction of sp³-hybridized carbons (Fsp3) is 0.643. The SMILES string of the molecule is C=C(Cc1nc(CCCCCCC(C)(F)F)no1)C(=O)O. The highest BCUT2D eigenvalue weighted by atomic mass is 19.3. The van der Waals surface area contributed by atoms with Crippen molar-refractivity contribution in [1.82, 2.24) is 10.1 Å². The van der Waals surface area contributed by atoms with Crippen molar-refractivity contribution in [3.63, 3.8) is 0 Å². The molecule has 0 fully saturated rings. The van der Waals surface area contributed by atoms with E-state index in [1.807, 2.05) is 0 Å². The molecule has 0 atom stereocenters. The van der Waals surface area contributed by atoms with Crippen LogP contribution in [0.25, 0.3) is 0 Å². The van der Waals surface area contributed by atoms with Crippen molar-refractivity contribution in [2.45, 2.75) is 57.8 Å². The molecular formula is C14H20F2N2O3. The zero-order valence-corrected chi connectivity index (χ0v) is 12.1. The van der Waals surface area contributed by atoms with Crippen molar-refractivity contribution in [2.24, 2.45) is 0 Å². The lowest BCUT2D eigenvalue weighted by Crippen LogP contribution is -2.08. The number of hydrogen-bond donors (Lipinski definition) is 1. The average molecular weight is 302 g/mol. The number of carboxylic acids is 1. The predicted molar refractivity (Wildman–Crippen MR) is 72.2 cm³/mol. The molecule has 1 rings (SSSR count). The Morgan fingerprint density at radius 2 is 2.00 bits per heavy atom. The van der Waals surface area contributed by atoms with Crippen molar-refractivity contribution in [3.8, 4) is 0 Å². The van der Waals surface area contributed by atoms with Crippen molar-refractivity contribution >= 4 is 5.97 Å². The molecule has 0 saturated heterocycles. The summed E-state index contributed by atoms with van der Waals surface area (Å²) in [5.74, 6) is -2.95. The Morgan fingerprint density at radius 1 is 1.33 bits per heavy atom. The summed E-state index contributed by atoms with van der Waals surface area (Å²) in [4.78, 5) is 14.7. The van der Waals surface area contributed by atoms with Gasteiger partial charge >= 0.3 is 5.97 Å². The molecule has 0 unspecified atom stereocenters. The normalized spacial score (nSPS) is 11.6. The summed E-state index contributed by atoms with van der Waals surface area (Å²) in [7, 11) is 0. The van der Waals surface area contributed by atoms with Crippen LogP contribution in [0, 0.1) is 0 Å². The van der Waals surface area contributed by atoms with Gasteiger partial charge in [0.2, 0.25) is 11.8 Å². The lowest BCUT2D eigenvalue weighted by Gasteiger charge is -2.08. The molecule has 1 aromatic heterocycles. The minimum Gasteiger partial charge on any atom is -0.478 e. The van der Waals surface area contributed by atoms with E-state index in [0.29, 0.717) is 18.7 Å². The largest absolute Gasteiger partial charge is 0.478 e. The van der Waals surface area contributed by atoms with Gasteiger partial charge in [0.15, 0.2) is 5.82 Å². The second-order valence-corrected chi connectivity index (χ2v) is 5.17. The van der Waals surface area contributed by atoms with E-state index >= 15 is 0 Å². The van der Waals surface area contributed by atoms with Crippen molar-refractivity contribution in [2.75, 3.05) is 0 Å². The fourth-order valence-electron chi connectivity index (χ4n) is 1.79. The number of aliphatic carboxylic acids is 1. The maximum atomic E-state index is 12.6. The quantitative estimate of drug-likeness (QED) is 0.529. The molecule has 21 heavy (non-hydrogen) atoms. The Kier molecular flexibility index (Phi) is 6.45. The summed E-state index contributed by atoms with van der Waals surface area (Å²) < 4.78 is 30.1. The molecule has 0 aromatic carbocycles. The number of halogens is 2. The molecule has 5 nitrogen and oxygen atoms in total. The topological polar surface area (TPSA) is 76.2 Å². The first kappa shape index (κ1) is 17.3. The first-order chi connectivity index (χ1) is 9.78. The molecule has 0 aliphatic heterocycles. The standard InChI is InChI=1S/C14H20F2N2O3/c1-10(13(19)20)9-12-17-11(18-21-12)7-5-3-4-6-8-14(2,15)16/h1,3-9H2,2H3,(H,19,20). The summed E-state index contributed by atoms with van der Waals surface area (Å²) in [6.07, 6.45) is 3.37. The van der Waals surface area contributed by atoms with Gasteiger partial charge in [-0.2, -0.15) is 4.98 Å². The van der Waals surface area contributed by atoms with Gasteiger partial charge in [0.1, 0.15) is 0 Å². The number of rotatable bonds is 10. The third kappa shape index (κ3) is 7.53. The average Bonchev–Trinajstić information content (AvgIpc) is 2.79. The number of aryl methyl sites for hydroxylation is 1. The molecule has 0 bridgehead atoms. The maximum Gasteiger partial charge on any atom is 0.331 e. The van der Waals surface area contributed by atoms with Gasteiger partial charge in [-0.15, -0.1) is 0 Å². The van der Waals surface area contributed by atoms with Gasteiger partial charge in [0.05, 0.1) is 6.42 Å². The molecule has 0 spiro atoms. The predicted octanol–water partition coefficient (Wildman–Crippen LogP) is 3.40. The Balaban J connectivity index is 2.20. The van der Waals surface area contributed by atoms with E-state index in [0.717, 1.165) is 26.2 Å². The van der Waals surface area contributed by atoms with Crippen molar-refractivity contribution in [3.05, 3.63) is 23.9 Å². The Morgan fingerprint density at radius 3 is 2.62 bits per heavy atom. The summed E-state index contributed by atoms with van der Waals surface area (Å²) in [6, 6.07) is 0. The summed E-state index contributed by atoms with van der Waals surface area (Å²) in [5, 5.41) is 12.4. The van der Waals surface area contributed by atoms with Gasteiger partial charge in [-0.25, -0.2) is 13.6 Å². The van der Waals surface area contributed by atoms with E-state index in [-0.39, 0.29) is 24.3 Å². The monoisotopic (exact) mass is 302 g/mol. The van der Waals surface area contributed by atoms with Crippen LogP contribution in [0.15, 0.2) is 16.7 Å². The molecule has 0 saturated carbocycles. The van der Waals surface area contributed by atoms with E-state index in [4.69, 9.17) is 9.63 Å². The van der Waals surface area contributed by atoms with Crippen LogP contribution in [0.2, 0.25) is 0 Å². The van der Waals surface area contributed by atoms with Crippen LogP contribution < -0.4 is 0 Å². The highest BCUT2D eigenvalue weighted by Gasteiger charge is 2.19. The van der Waals surface area contributed by atoms with E-state index in [1.54, 1.807) is 0 Å². The van der Waals surface area contributed by atoms with Gasteiger partial charge in [0.25, 0.3) is 0 Å². The number of hydrogen-bond acceptors (Lipinski definition) is 4. The third-order valence-corrected chi connectivity index (χ3v) is 2.94. The number of alkyl halides is 2. The number of carbonyl (C=O) groups is 1. The van der Waals surface area contributed by atoms with Crippen molar-refractivity contribution < 1.29 is 23.2 Å². The molecule has 1 N–H and O–H groups in total. The van der Waals surface area contributed by atoms with Gasteiger partial charge < -0.3 is 9.63 Å². The Bertz CT molecular complexity index is 481. The Labute approximate surface area is 122 Å². The first-order valence-electron chi connectivity index (χ1n) is 6.88. The second kappa shape index (κ2) is 7.85. The Hall–Kier alpha value is -1.79. The molecule has 118 valence electrons. The molecule has 0 aliphatic carbocycles. The summed E-state index contributed by atoms with van der Waals surface area (Å²) in [6.45, 7) is 4.32. The van der Waals surface area contributed by atoms with Crippen LogP contribution in [0.5, 0.6) is 0 Å². The van der Waals surface area contributed by atoms with Crippen molar-refractivity contribution in [1.29, 1.82) is 0 Å². The number of carboxylic acid groups (broad SMARTS) is 1. The lowest BCUT2D eigenvalue weighted by molar-refractivity contribution is -0.132. The lowest BCUT2D eigenvalue weighted by atomic mass is 10.1. The molecular weight excluding hydrogens is 282 g/mol. The van der Waals surface area contributed by atoms with E-state index < -0.39 is 11.9 Å². The van der Waals surface area contributed by atoms with Crippen LogP contribution >= 0.6 is 0 Å². The first-order valence-corrected chi connectivity index (χ1v) is 6.88.